The lowest BCUT2D eigenvalue weighted by molar-refractivity contribution is 0.289. The van der Waals surface area contributed by atoms with Crippen molar-refractivity contribution in [3.05, 3.63) is 41.7 Å². The first kappa shape index (κ1) is 13.1. The second-order valence-electron chi connectivity index (χ2n) is 5.24. The highest BCUT2D eigenvalue weighted by Gasteiger charge is 2.25. The van der Waals surface area contributed by atoms with Crippen LogP contribution in [-0.4, -0.2) is 21.6 Å². The van der Waals surface area contributed by atoms with Crippen LogP contribution in [0.25, 0.3) is 0 Å². The molecule has 2 heterocycles. The highest BCUT2D eigenvalue weighted by Crippen LogP contribution is 2.35. The van der Waals surface area contributed by atoms with E-state index in [9.17, 15) is 0 Å². The highest BCUT2D eigenvalue weighted by molar-refractivity contribution is 5.29. The van der Waals surface area contributed by atoms with Crippen LogP contribution in [0.5, 0.6) is 5.75 Å². The van der Waals surface area contributed by atoms with Crippen LogP contribution in [0.15, 0.2) is 24.7 Å². The van der Waals surface area contributed by atoms with E-state index in [-0.39, 0.29) is 0 Å². The lowest BCUT2D eigenvalue weighted by Crippen LogP contribution is -2.11. The van der Waals surface area contributed by atoms with Crippen LogP contribution in [0.2, 0.25) is 0 Å². The summed E-state index contributed by atoms with van der Waals surface area (Å²) in [6, 6.07) is 4.60. The molecule has 0 radical (unpaired) electrons. The molecule has 0 aromatic carbocycles. The van der Waals surface area contributed by atoms with Gasteiger partial charge in [0.05, 0.1) is 23.9 Å². The molecule has 0 amide bonds. The van der Waals surface area contributed by atoms with Gasteiger partial charge >= 0.3 is 0 Å². The van der Waals surface area contributed by atoms with Gasteiger partial charge in [-0.05, 0) is 38.9 Å². The van der Waals surface area contributed by atoms with Crippen molar-refractivity contribution in [3.63, 3.8) is 0 Å². The van der Waals surface area contributed by atoms with E-state index in [1.54, 1.807) is 0 Å². The zero-order valence-corrected chi connectivity index (χ0v) is 12.0. The fourth-order valence-corrected chi connectivity index (χ4v) is 2.30. The molecule has 0 aliphatic heterocycles. The first-order valence-corrected chi connectivity index (χ1v) is 7.02. The molecule has 0 unspecified atom stereocenters. The predicted octanol–water partition coefficient (Wildman–Crippen LogP) is 2.22. The number of nitrogens with zero attached hydrogens (tertiary/aromatic N) is 3. The standard InChI is InChI=1S/C15H20N4O/c1-11-3-6-15(14(18-11)8-16-2)20-9-13-7-17-10-19(13)12-4-5-12/h3,6-7,10,12,16H,4-5,8-9H2,1-2H3. The Bertz CT molecular complexity index is 589. The van der Waals surface area contributed by atoms with Crippen LogP contribution in [-0.2, 0) is 13.2 Å². The Morgan fingerprint density at radius 3 is 3.00 bits per heavy atom. The minimum atomic E-state index is 0.540. The summed E-state index contributed by atoms with van der Waals surface area (Å²) in [6.45, 7) is 3.24. The van der Waals surface area contributed by atoms with Crippen molar-refractivity contribution >= 4 is 0 Å². The number of imidazole rings is 1. The quantitative estimate of drug-likeness (QED) is 0.876. The molecule has 1 saturated carbocycles. The van der Waals surface area contributed by atoms with Gasteiger partial charge in [0, 0.05) is 18.3 Å². The van der Waals surface area contributed by atoms with Crippen molar-refractivity contribution in [1.82, 2.24) is 19.9 Å². The molecule has 20 heavy (non-hydrogen) atoms. The molecule has 3 rings (SSSR count). The molecule has 0 atom stereocenters. The molecule has 2 aromatic heterocycles. The molecule has 1 N–H and O–H groups in total. The van der Waals surface area contributed by atoms with Crippen molar-refractivity contribution in [2.24, 2.45) is 0 Å². The van der Waals surface area contributed by atoms with Crippen LogP contribution in [0.1, 0.15) is 36.0 Å². The minimum Gasteiger partial charge on any atom is -0.485 e. The summed E-state index contributed by atoms with van der Waals surface area (Å²) >= 11 is 0. The molecule has 1 aliphatic carbocycles. The van der Waals surface area contributed by atoms with Gasteiger partial charge in [0.1, 0.15) is 12.4 Å². The second kappa shape index (κ2) is 5.63. The zero-order valence-electron chi connectivity index (χ0n) is 12.0. The van der Waals surface area contributed by atoms with Crippen molar-refractivity contribution in [1.29, 1.82) is 0 Å². The Labute approximate surface area is 119 Å². The number of nitrogens with one attached hydrogen (secondary N) is 1. The summed E-state index contributed by atoms with van der Waals surface area (Å²) in [5, 5.41) is 3.12. The number of pyridine rings is 1. The predicted molar refractivity (Wildman–Crippen MR) is 76.6 cm³/mol. The molecule has 5 nitrogen and oxygen atoms in total. The third kappa shape index (κ3) is 2.82. The Morgan fingerprint density at radius 2 is 2.25 bits per heavy atom. The van der Waals surface area contributed by atoms with Gasteiger partial charge < -0.3 is 14.6 Å². The molecular weight excluding hydrogens is 252 g/mol. The molecule has 2 aromatic rings. The van der Waals surface area contributed by atoms with E-state index in [0.29, 0.717) is 19.2 Å². The van der Waals surface area contributed by atoms with Crippen LogP contribution in [0, 0.1) is 6.92 Å². The molecule has 0 saturated heterocycles. The maximum Gasteiger partial charge on any atom is 0.142 e. The number of aromatic nitrogens is 3. The summed E-state index contributed by atoms with van der Waals surface area (Å²) in [6.07, 6.45) is 6.29. The third-order valence-corrected chi connectivity index (χ3v) is 3.48. The van der Waals surface area contributed by atoms with Crippen molar-refractivity contribution < 1.29 is 4.74 Å². The summed E-state index contributed by atoms with van der Waals surface area (Å²) < 4.78 is 8.17. The molecule has 5 heteroatoms. The molecule has 1 aliphatic rings. The van der Waals surface area contributed by atoms with Crippen molar-refractivity contribution in [2.45, 2.75) is 39.0 Å². The van der Waals surface area contributed by atoms with Crippen LogP contribution in [0.3, 0.4) is 0 Å². The molecule has 106 valence electrons. The summed E-state index contributed by atoms with van der Waals surface area (Å²) in [7, 11) is 1.91. The molecule has 0 bridgehead atoms. The number of hydrogen-bond acceptors (Lipinski definition) is 4. The van der Waals surface area contributed by atoms with E-state index in [1.165, 1.54) is 12.8 Å². The fourth-order valence-electron chi connectivity index (χ4n) is 2.30. The van der Waals surface area contributed by atoms with Gasteiger partial charge in [-0.1, -0.05) is 0 Å². The van der Waals surface area contributed by atoms with Crippen LogP contribution in [0.4, 0.5) is 0 Å². The number of ether oxygens (including phenoxy) is 1. The maximum atomic E-state index is 5.94. The Hall–Kier alpha value is -1.88. The SMILES string of the molecule is CNCc1nc(C)ccc1OCc1cncn1C1CC1. The number of hydrogen-bond donors (Lipinski definition) is 1. The van der Waals surface area contributed by atoms with Gasteiger partial charge in [-0.2, -0.15) is 0 Å². The Balaban J connectivity index is 1.72. The third-order valence-electron chi connectivity index (χ3n) is 3.48. The molecule has 0 spiro atoms. The first-order chi connectivity index (χ1) is 9.78. The average molecular weight is 272 g/mol. The van der Waals surface area contributed by atoms with E-state index < -0.39 is 0 Å². The van der Waals surface area contributed by atoms with E-state index in [1.807, 2.05) is 38.6 Å². The largest absolute Gasteiger partial charge is 0.485 e. The van der Waals surface area contributed by atoms with E-state index in [0.717, 1.165) is 22.8 Å². The van der Waals surface area contributed by atoms with Gasteiger partial charge in [-0.15, -0.1) is 0 Å². The minimum absolute atomic E-state index is 0.540. The number of aryl methyl sites for hydroxylation is 1. The van der Waals surface area contributed by atoms with E-state index in [2.05, 4.69) is 19.9 Å². The van der Waals surface area contributed by atoms with E-state index >= 15 is 0 Å². The summed E-state index contributed by atoms with van der Waals surface area (Å²) in [5.74, 6) is 0.841. The Kier molecular flexibility index (Phi) is 3.69. The lowest BCUT2D eigenvalue weighted by atomic mass is 10.3. The Morgan fingerprint density at radius 1 is 1.40 bits per heavy atom. The van der Waals surface area contributed by atoms with Crippen molar-refractivity contribution in [2.75, 3.05) is 7.05 Å². The van der Waals surface area contributed by atoms with Gasteiger partial charge in [-0.25, -0.2) is 4.98 Å². The summed E-state index contributed by atoms with van der Waals surface area (Å²) in [5.41, 5.74) is 3.08. The second-order valence-corrected chi connectivity index (χ2v) is 5.24. The smallest absolute Gasteiger partial charge is 0.142 e. The van der Waals surface area contributed by atoms with Gasteiger partial charge in [0.25, 0.3) is 0 Å². The van der Waals surface area contributed by atoms with E-state index in [4.69, 9.17) is 4.74 Å². The molecule has 1 fully saturated rings. The highest BCUT2D eigenvalue weighted by atomic mass is 16.5. The first-order valence-electron chi connectivity index (χ1n) is 7.02. The summed E-state index contributed by atoms with van der Waals surface area (Å²) in [4.78, 5) is 8.75. The van der Waals surface area contributed by atoms with Crippen LogP contribution < -0.4 is 10.1 Å². The monoisotopic (exact) mass is 272 g/mol. The van der Waals surface area contributed by atoms with Crippen LogP contribution >= 0.6 is 0 Å². The zero-order chi connectivity index (χ0) is 13.9. The van der Waals surface area contributed by atoms with Gasteiger partial charge in [-0.3, -0.25) is 4.98 Å². The number of rotatable bonds is 6. The van der Waals surface area contributed by atoms with Gasteiger partial charge in [0.2, 0.25) is 0 Å². The normalized spacial score (nSPS) is 14.5. The molecular formula is C15H20N4O. The topological polar surface area (TPSA) is 52.0 Å². The lowest BCUT2D eigenvalue weighted by Gasteiger charge is -2.12. The van der Waals surface area contributed by atoms with Gasteiger partial charge in [0.15, 0.2) is 0 Å². The van der Waals surface area contributed by atoms with Crippen molar-refractivity contribution in [3.8, 4) is 5.75 Å². The average Bonchev–Trinajstić information content (AvgIpc) is 3.17. The fraction of sp³-hybridized carbons (Fsp3) is 0.467. The maximum absolute atomic E-state index is 5.94.